The quantitative estimate of drug-likeness (QED) is 0.363. The molecule has 0 spiro atoms. The largest absolute Gasteiger partial charge is 0.505 e. The Hall–Kier alpha value is -1.58. The van der Waals surface area contributed by atoms with Crippen LogP contribution >= 0.6 is 24.0 Å². The average molecular weight is 464 g/mol. The first-order valence-corrected chi connectivity index (χ1v) is 8.17. The maximum atomic E-state index is 13.4. The van der Waals surface area contributed by atoms with Crippen molar-refractivity contribution < 1.29 is 14.3 Å². The van der Waals surface area contributed by atoms with Crippen LogP contribution in [0.3, 0.4) is 0 Å². The number of halogens is 2. The molecule has 8 heteroatoms. The number of carbonyl (C=O) groups is 1. The monoisotopic (exact) mass is 464 g/mol. The number of nitrogens with one attached hydrogen (secondary N) is 2. The van der Waals surface area contributed by atoms with Crippen molar-refractivity contribution in [3.8, 4) is 5.75 Å². The standard InChI is InChI=1S/C17H25FN4O2.HI/c1-19-16(24)10-12-5-7-22(8-6-12)17(20-2)21-11-13-3-4-15(23)14(18)9-13;/h3-4,9,12,23H,5-8,10-11H2,1-2H3,(H,19,24)(H,20,21);1H. The predicted octanol–water partition coefficient (Wildman–Crippen LogP) is 2.07. The van der Waals surface area contributed by atoms with Crippen LogP contribution in [0.1, 0.15) is 24.8 Å². The topological polar surface area (TPSA) is 77.0 Å². The zero-order valence-electron chi connectivity index (χ0n) is 14.6. The Bertz CT molecular complexity index is 604. The fourth-order valence-electron chi connectivity index (χ4n) is 2.89. The van der Waals surface area contributed by atoms with Gasteiger partial charge in [-0.1, -0.05) is 6.07 Å². The molecule has 0 aromatic heterocycles. The van der Waals surface area contributed by atoms with Crippen molar-refractivity contribution >= 4 is 35.8 Å². The van der Waals surface area contributed by atoms with E-state index in [4.69, 9.17) is 0 Å². The lowest BCUT2D eigenvalue weighted by Crippen LogP contribution is -2.45. The zero-order valence-corrected chi connectivity index (χ0v) is 16.9. The summed E-state index contributed by atoms with van der Waals surface area (Å²) in [5.41, 5.74) is 0.737. The van der Waals surface area contributed by atoms with Gasteiger partial charge >= 0.3 is 0 Å². The number of likely N-dealkylation sites (tertiary alicyclic amines) is 1. The Labute approximate surface area is 164 Å². The lowest BCUT2D eigenvalue weighted by Gasteiger charge is -2.34. The number of benzene rings is 1. The average Bonchev–Trinajstić information content (AvgIpc) is 2.59. The van der Waals surface area contributed by atoms with Crippen LogP contribution in [0.5, 0.6) is 5.75 Å². The maximum Gasteiger partial charge on any atom is 0.220 e. The van der Waals surface area contributed by atoms with Gasteiger partial charge in [0, 0.05) is 40.2 Å². The molecule has 2 rings (SSSR count). The number of piperidine rings is 1. The highest BCUT2D eigenvalue weighted by atomic mass is 127. The summed E-state index contributed by atoms with van der Waals surface area (Å²) < 4.78 is 13.4. The van der Waals surface area contributed by atoms with Crippen LogP contribution in [0.4, 0.5) is 4.39 Å². The number of aromatic hydroxyl groups is 1. The first-order valence-electron chi connectivity index (χ1n) is 8.17. The van der Waals surface area contributed by atoms with Crippen molar-refractivity contribution in [1.82, 2.24) is 15.5 Å². The number of aliphatic imine (C=N–C) groups is 1. The molecule has 25 heavy (non-hydrogen) atoms. The fourth-order valence-corrected chi connectivity index (χ4v) is 2.89. The minimum absolute atomic E-state index is 0. The molecule has 1 aliphatic rings. The molecule has 0 saturated carbocycles. The molecule has 1 saturated heterocycles. The normalized spacial score (nSPS) is 15.5. The van der Waals surface area contributed by atoms with E-state index in [1.807, 2.05) is 0 Å². The number of carbonyl (C=O) groups excluding carboxylic acids is 1. The Kier molecular flexibility index (Phi) is 8.95. The van der Waals surface area contributed by atoms with Crippen LogP contribution in [0.15, 0.2) is 23.2 Å². The van der Waals surface area contributed by atoms with Crippen molar-refractivity contribution in [2.45, 2.75) is 25.8 Å². The molecule has 0 radical (unpaired) electrons. The van der Waals surface area contributed by atoms with Crippen molar-refractivity contribution in [3.05, 3.63) is 29.6 Å². The summed E-state index contributed by atoms with van der Waals surface area (Å²) in [6.45, 7) is 2.11. The van der Waals surface area contributed by atoms with E-state index in [1.165, 1.54) is 12.1 Å². The maximum absolute atomic E-state index is 13.4. The lowest BCUT2D eigenvalue weighted by atomic mass is 9.93. The first kappa shape index (κ1) is 21.5. The van der Waals surface area contributed by atoms with Crippen molar-refractivity contribution in [1.29, 1.82) is 0 Å². The van der Waals surface area contributed by atoms with Crippen molar-refractivity contribution in [3.63, 3.8) is 0 Å². The summed E-state index contributed by atoms with van der Waals surface area (Å²) in [6, 6.07) is 4.33. The number of amides is 1. The molecule has 1 aromatic carbocycles. The van der Waals surface area contributed by atoms with Gasteiger partial charge in [0.15, 0.2) is 17.5 Å². The van der Waals surface area contributed by atoms with Crippen LogP contribution < -0.4 is 10.6 Å². The Morgan fingerprint density at radius 3 is 2.64 bits per heavy atom. The third-order valence-electron chi connectivity index (χ3n) is 4.34. The highest BCUT2D eigenvalue weighted by Crippen LogP contribution is 2.20. The first-order chi connectivity index (χ1) is 11.5. The third kappa shape index (κ3) is 6.33. The van der Waals surface area contributed by atoms with Crippen molar-refractivity contribution in [2.24, 2.45) is 10.9 Å². The Balaban J connectivity index is 0.00000312. The van der Waals surface area contributed by atoms with Crippen LogP contribution in [0.25, 0.3) is 0 Å². The molecule has 0 aliphatic carbocycles. The number of rotatable bonds is 4. The van der Waals surface area contributed by atoms with Gasteiger partial charge in [0.25, 0.3) is 0 Å². The number of phenols is 1. The van der Waals surface area contributed by atoms with E-state index in [9.17, 15) is 14.3 Å². The Morgan fingerprint density at radius 1 is 1.40 bits per heavy atom. The van der Waals surface area contributed by atoms with Crippen molar-refractivity contribution in [2.75, 3.05) is 27.2 Å². The van der Waals surface area contributed by atoms with E-state index in [1.54, 1.807) is 20.2 Å². The van der Waals surface area contributed by atoms with Crippen LogP contribution in [-0.4, -0.2) is 49.1 Å². The number of phenolic OH excluding ortho intramolecular Hbond substituents is 1. The number of hydrogen-bond acceptors (Lipinski definition) is 3. The molecule has 1 aromatic rings. The van der Waals surface area contributed by atoms with Gasteiger partial charge in [-0.25, -0.2) is 4.39 Å². The second kappa shape index (κ2) is 10.4. The van der Waals surface area contributed by atoms with Gasteiger partial charge in [-0.05, 0) is 36.5 Å². The molecular formula is C17H26FIN4O2. The summed E-state index contributed by atoms with van der Waals surface area (Å²) in [5.74, 6) is 0.290. The van der Waals surface area contributed by atoms with Crippen LogP contribution in [0, 0.1) is 11.7 Å². The van der Waals surface area contributed by atoms with Gasteiger partial charge in [-0.15, -0.1) is 24.0 Å². The molecule has 0 bridgehead atoms. The summed E-state index contributed by atoms with van der Waals surface area (Å²) in [6.07, 6.45) is 2.47. The predicted molar refractivity (Wildman–Crippen MR) is 107 cm³/mol. The van der Waals surface area contributed by atoms with E-state index in [0.717, 1.165) is 37.5 Å². The zero-order chi connectivity index (χ0) is 17.5. The summed E-state index contributed by atoms with van der Waals surface area (Å²) >= 11 is 0. The van der Waals surface area contributed by atoms with Gasteiger partial charge in [0.1, 0.15) is 0 Å². The summed E-state index contributed by atoms with van der Waals surface area (Å²) in [4.78, 5) is 17.9. The molecule has 0 unspecified atom stereocenters. The van der Waals surface area contributed by atoms with E-state index < -0.39 is 5.82 Å². The highest BCUT2D eigenvalue weighted by Gasteiger charge is 2.23. The second-order valence-electron chi connectivity index (χ2n) is 5.99. The molecular weight excluding hydrogens is 438 g/mol. The van der Waals surface area contributed by atoms with E-state index >= 15 is 0 Å². The van der Waals surface area contributed by atoms with Gasteiger partial charge < -0.3 is 20.6 Å². The molecule has 3 N–H and O–H groups in total. The molecule has 140 valence electrons. The highest BCUT2D eigenvalue weighted by molar-refractivity contribution is 14.0. The van der Waals surface area contributed by atoms with Gasteiger partial charge in [0.2, 0.25) is 5.91 Å². The minimum atomic E-state index is -0.626. The fraction of sp³-hybridized carbons (Fsp3) is 0.529. The van der Waals surface area contributed by atoms with Gasteiger partial charge in [-0.3, -0.25) is 9.79 Å². The SMILES string of the molecule is CN=C(NCc1ccc(O)c(F)c1)N1CCC(CC(=O)NC)CC1.I. The summed E-state index contributed by atoms with van der Waals surface area (Å²) in [5, 5.41) is 15.1. The third-order valence-corrected chi connectivity index (χ3v) is 4.34. The van der Waals surface area contributed by atoms with Crippen LogP contribution in [-0.2, 0) is 11.3 Å². The number of nitrogens with zero attached hydrogens (tertiary/aromatic N) is 2. The minimum Gasteiger partial charge on any atom is -0.505 e. The van der Waals surface area contributed by atoms with E-state index in [0.29, 0.717) is 18.9 Å². The van der Waals surface area contributed by atoms with Gasteiger partial charge in [-0.2, -0.15) is 0 Å². The van der Waals surface area contributed by atoms with Crippen LogP contribution in [0.2, 0.25) is 0 Å². The molecule has 1 aliphatic heterocycles. The molecule has 1 fully saturated rings. The smallest absolute Gasteiger partial charge is 0.220 e. The molecule has 0 atom stereocenters. The van der Waals surface area contributed by atoms with E-state index in [2.05, 4.69) is 20.5 Å². The number of guanidine groups is 1. The molecule has 1 heterocycles. The summed E-state index contributed by atoms with van der Waals surface area (Å²) in [7, 11) is 3.38. The molecule has 1 amide bonds. The van der Waals surface area contributed by atoms with Gasteiger partial charge in [0.05, 0.1) is 0 Å². The number of hydrogen-bond donors (Lipinski definition) is 3. The van der Waals surface area contributed by atoms with E-state index in [-0.39, 0.29) is 35.6 Å². The second-order valence-corrected chi connectivity index (χ2v) is 5.99. The Morgan fingerprint density at radius 2 is 2.08 bits per heavy atom. The molecule has 6 nitrogen and oxygen atoms in total. The lowest BCUT2D eigenvalue weighted by molar-refractivity contribution is -0.121.